The number of hydrogen-bond acceptors (Lipinski definition) is 3. The Kier molecular flexibility index (Phi) is 3.90. The fraction of sp³-hybridized carbons (Fsp3) is 0.429. The summed E-state index contributed by atoms with van der Waals surface area (Å²) in [5.41, 5.74) is 0. The maximum atomic E-state index is 11.2. The van der Waals surface area contributed by atoms with Gasteiger partial charge in [0, 0.05) is 4.88 Å². The summed E-state index contributed by atoms with van der Waals surface area (Å²) < 4.78 is 24.8. The molecule has 6 heteroatoms. The van der Waals surface area contributed by atoms with Crippen LogP contribution in [0.15, 0.2) is 17.5 Å². The van der Waals surface area contributed by atoms with Crippen LogP contribution in [0.2, 0.25) is 0 Å². The first-order chi connectivity index (χ1) is 6.05. The molecule has 1 aromatic heterocycles. The summed E-state index contributed by atoms with van der Waals surface area (Å²) in [6.07, 6.45) is 0. The number of nitrogens with one attached hydrogen (secondary N) is 1. The average molecular weight is 284 g/mol. The predicted octanol–water partition coefficient (Wildman–Crippen LogP) is 2.08. The Bertz CT molecular complexity index is 347. The highest BCUT2D eigenvalue weighted by Crippen LogP contribution is 2.18. The predicted molar refractivity (Wildman–Crippen MR) is 58.6 cm³/mol. The molecule has 1 atom stereocenters. The van der Waals surface area contributed by atoms with Gasteiger partial charge < -0.3 is 0 Å². The molecule has 0 spiro atoms. The van der Waals surface area contributed by atoms with E-state index in [0.717, 1.165) is 4.88 Å². The van der Waals surface area contributed by atoms with Gasteiger partial charge in [-0.25, -0.2) is 13.1 Å². The van der Waals surface area contributed by atoms with Crippen LogP contribution in [0.1, 0.15) is 17.8 Å². The first kappa shape index (κ1) is 11.2. The van der Waals surface area contributed by atoms with E-state index >= 15 is 0 Å². The van der Waals surface area contributed by atoms with E-state index in [2.05, 4.69) is 20.7 Å². The summed E-state index contributed by atoms with van der Waals surface area (Å²) in [4.78, 5) is 1.02. The minimum absolute atomic E-state index is 0.0598. The molecule has 0 aromatic carbocycles. The van der Waals surface area contributed by atoms with Crippen molar-refractivity contribution in [1.29, 1.82) is 0 Å². The van der Waals surface area contributed by atoms with Gasteiger partial charge in [0.1, 0.15) is 4.66 Å². The number of thiophene rings is 1. The van der Waals surface area contributed by atoms with Crippen LogP contribution in [-0.2, 0) is 10.0 Å². The van der Waals surface area contributed by atoms with Crippen molar-refractivity contribution in [3.05, 3.63) is 22.4 Å². The van der Waals surface area contributed by atoms with E-state index < -0.39 is 10.0 Å². The van der Waals surface area contributed by atoms with Gasteiger partial charge in [-0.15, -0.1) is 11.3 Å². The van der Waals surface area contributed by atoms with Crippen molar-refractivity contribution >= 4 is 37.3 Å². The molecule has 0 amide bonds. The molecular formula is C7H10BrNO2S2. The maximum absolute atomic E-state index is 11.2. The smallest absolute Gasteiger partial charge is 0.212 e. The van der Waals surface area contributed by atoms with Gasteiger partial charge in [-0.05, 0) is 18.4 Å². The van der Waals surface area contributed by atoms with E-state index in [1.165, 1.54) is 11.3 Å². The summed E-state index contributed by atoms with van der Waals surface area (Å²) in [5.74, 6) is 0. The second-order valence-corrected chi connectivity index (χ2v) is 6.62. The van der Waals surface area contributed by atoms with Gasteiger partial charge in [0.15, 0.2) is 0 Å². The fourth-order valence-electron chi connectivity index (χ4n) is 0.897. The number of hydrogen-bond donors (Lipinski definition) is 1. The molecule has 1 aromatic rings. The number of sulfonamides is 1. The van der Waals surface area contributed by atoms with E-state index in [4.69, 9.17) is 0 Å². The lowest BCUT2D eigenvalue weighted by Gasteiger charge is -2.10. The van der Waals surface area contributed by atoms with Gasteiger partial charge in [-0.3, -0.25) is 0 Å². The van der Waals surface area contributed by atoms with Crippen LogP contribution >= 0.6 is 27.3 Å². The zero-order chi connectivity index (χ0) is 9.90. The molecule has 0 saturated heterocycles. The molecule has 0 fully saturated rings. The van der Waals surface area contributed by atoms with Crippen LogP contribution in [0.25, 0.3) is 0 Å². The topological polar surface area (TPSA) is 46.2 Å². The Morgan fingerprint density at radius 3 is 2.85 bits per heavy atom. The van der Waals surface area contributed by atoms with Gasteiger partial charge in [-0.1, -0.05) is 22.0 Å². The molecule has 0 saturated carbocycles. The molecule has 13 heavy (non-hydrogen) atoms. The Hall–Kier alpha value is 0.0900. The third-order valence-corrected chi connectivity index (χ3v) is 5.33. The molecule has 0 aliphatic heterocycles. The fourth-order valence-corrected chi connectivity index (χ4v) is 2.83. The molecule has 0 aliphatic carbocycles. The molecule has 3 nitrogen and oxygen atoms in total. The van der Waals surface area contributed by atoms with E-state index in [-0.39, 0.29) is 10.7 Å². The molecule has 0 bridgehead atoms. The first-order valence-corrected chi connectivity index (χ1v) is 7.30. The number of alkyl halides is 1. The zero-order valence-electron chi connectivity index (χ0n) is 7.03. The lowest BCUT2D eigenvalue weighted by molar-refractivity contribution is 0.574. The minimum atomic E-state index is -3.17. The SMILES string of the molecule is C[C@H](NS(=O)(=O)CBr)c1cccs1. The van der Waals surface area contributed by atoms with Gasteiger partial charge in [0.25, 0.3) is 0 Å². The summed E-state index contributed by atoms with van der Waals surface area (Å²) in [6, 6.07) is 3.66. The summed E-state index contributed by atoms with van der Waals surface area (Å²) in [7, 11) is -3.17. The zero-order valence-corrected chi connectivity index (χ0v) is 10.2. The Morgan fingerprint density at radius 2 is 2.38 bits per heavy atom. The van der Waals surface area contributed by atoms with Crippen LogP contribution in [0.5, 0.6) is 0 Å². The lowest BCUT2D eigenvalue weighted by atomic mass is 10.3. The molecule has 1 heterocycles. The minimum Gasteiger partial charge on any atom is -0.212 e. The van der Waals surface area contributed by atoms with Crippen molar-refractivity contribution in [2.24, 2.45) is 0 Å². The van der Waals surface area contributed by atoms with Gasteiger partial charge in [-0.2, -0.15) is 0 Å². The second-order valence-electron chi connectivity index (χ2n) is 2.58. The average Bonchev–Trinajstić information content (AvgIpc) is 2.55. The molecule has 74 valence electrons. The van der Waals surface area contributed by atoms with Crippen molar-refractivity contribution in [3.63, 3.8) is 0 Å². The van der Waals surface area contributed by atoms with Crippen LogP contribution in [0.4, 0.5) is 0 Å². The standard InChI is InChI=1S/C7H10BrNO2S2/c1-6(7-3-2-4-12-7)9-13(10,11)5-8/h2-4,6,9H,5H2,1H3/t6-/m0/s1. The van der Waals surface area contributed by atoms with Crippen molar-refractivity contribution < 1.29 is 8.42 Å². The number of rotatable bonds is 4. The molecular weight excluding hydrogens is 274 g/mol. The quantitative estimate of drug-likeness (QED) is 0.860. The monoisotopic (exact) mass is 283 g/mol. The first-order valence-electron chi connectivity index (χ1n) is 3.64. The lowest BCUT2D eigenvalue weighted by Crippen LogP contribution is -2.26. The molecule has 1 N–H and O–H groups in total. The largest absolute Gasteiger partial charge is 0.222 e. The van der Waals surface area contributed by atoms with Crippen LogP contribution in [0.3, 0.4) is 0 Å². The van der Waals surface area contributed by atoms with Crippen molar-refractivity contribution in [3.8, 4) is 0 Å². The van der Waals surface area contributed by atoms with Crippen LogP contribution in [-0.4, -0.2) is 13.1 Å². The van der Waals surface area contributed by atoms with E-state index in [0.29, 0.717) is 0 Å². The summed E-state index contributed by atoms with van der Waals surface area (Å²) >= 11 is 4.46. The van der Waals surface area contributed by atoms with Gasteiger partial charge in [0.2, 0.25) is 10.0 Å². The highest BCUT2D eigenvalue weighted by atomic mass is 79.9. The summed E-state index contributed by atoms with van der Waals surface area (Å²) in [5, 5.41) is 1.92. The Labute approximate surface area is 90.3 Å². The van der Waals surface area contributed by atoms with Gasteiger partial charge in [0.05, 0.1) is 6.04 Å². The highest BCUT2D eigenvalue weighted by molar-refractivity contribution is 9.10. The molecule has 1 rings (SSSR count). The van der Waals surface area contributed by atoms with Gasteiger partial charge >= 0.3 is 0 Å². The molecule has 0 radical (unpaired) electrons. The van der Waals surface area contributed by atoms with Crippen LogP contribution in [0, 0.1) is 0 Å². The molecule has 0 aliphatic rings. The highest BCUT2D eigenvalue weighted by Gasteiger charge is 2.14. The molecule has 0 unspecified atom stereocenters. The third kappa shape index (κ3) is 3.38. The normalized spacial score (nSPS) is 14.3. The van der Waals surface area contributed by atoms with E-state index in [9.17, 15) is 8.42 Å². The van der Waals surface area contributed by atoms with E-state index in [1.807, 2.05) is 24.4 Å². The third-order valence-electron chi connectivity index (χ3n) is 1.47. The summed E-state index contributed by atoms with van der Waals surface area (Å²) in [6.45, 7) is 1.83. The van der Waals surface area contributed by atoms with Crippen molar-refractivity contribution in [1.82, 2.24) is 4.72 Å². The van der Waals surface area contributed by atoms with E-state index in [1.54, 1.807) is 0 Å². The van der Waals surface area contributed by atoms with Crippen molar-refractivity contribution in [2.45, 2.75) is 13.0 Å². The number of halogens is 1. The second kappa shape index (κ2) is 4.54. The Morgan fingerprint density at radius 1 is 1.69 bits per heavy atom. The maximum Gasteiger partial charge on any atom is 0.222 e. The van der Waals surface area contributed by atoms with Crippen LogP contribution < -0.4 is 4.72 Å². The Balaban J connectivity index is 2.67. The van der Waals surface area contributed by atoms with Crippen molar-refractivity contribution in [2.75, 3.05) is 4.66 Å².